The van der Waals surface area contributed by atoms with E-state index in [0.717, 1.165) is 30.8 Å². The number of piperidine rings is 1. The summed E-state index contributed by atoms with van der Waals surface area (Å²) >= 11 is 0. The van der Waals surface area contributed by atoms with E-state index in [2.05, 4.69) is 10.2 Å². The Hall–Kier alpha value is -2.11. The van der Waals surface area contributed by atoms with Crippen LogP contribution in [0.2, 0.25) is 0 Å². The van der Waals surface area contributed by atoms with Crippen LogP contribution in [0.5, 0.6) is 0 Å². The van der Waals surface area contributed by atoms with E-state index in [9.17, 15) is 4.79 Å². The molecule has 20 heavy (non-hydrogen) atoms. The maximum absolute atomic E-state index is 12.5. The summed E-state index contributed by atoms with van der Waals surface area (Å²) in [4.78, 5) is 14.3. The predicted octanol–water partition coefficient (Wildman–Crippen LogP) is 1.74. The molecule has 1 aliphatic heterocycles. The van der Waals surface area contributed by atoms with Crippen LogP contribution < -0.4 is 0 Å². The summed E-state index contributed by atoms with van der Waals surface area (Å²) in [6, 6.07) is 1.82. The van der Waals surface area contributed by atoms with E-state index in [1.807, 2.05) is 29.5 Å². The average molecular weight is 274 g/mol. The van der Waals surface area contributed by atoms with Crippen LogP contribution in [0.1, 0.15) is 40.7 Å². The number of amides is 1. The standard InChI is InChI=1S/C14H18N4O2/c1-10-5-7-20-12(10)14(19)18-6-3-4-11(8-18)13-16-15-9-17(13)2/h5,7,9,11H,3-4,6,8H2,1-2H3/t11-/m1/s1. The van der Waals surface area contributed by atoms with Gasteiger partial charge in [0.15, 0.2) is 5.76 Å². The van der Waals surface area contributed by atoms with Crippen molar-refractivity contribution in [2.45, 2.75) is 25.7 Å². The zero-order chi connectivity index (χ0) is 14.1. The lowest BCUT2D eigenvalue weighted by Crippen LogP contribution is -2.39. The van der Waals surface area contributed by atoms with Crippen molar-refractivity contribution in [3.63, 3.8) is 0 Å². The molecule has 0 bridgehead atoms. The van der Waals surface area contributed by atoms with Gasteiger partial charge in [0.1, 0.15) is 12.2 Å². The van der Waals surface area contributed by atoms with Crippen LogP contribution in [-0.4, -0.2) is 38.7 Å². The fourth-order valence-electron chi connectivity index (χ4n) is 2.77. The number of hydrogen-bond acceptors (Lipinski definition) is 4. The molecule has 1 atom stereocenters. The molecule has 0 aromatic carbocycles. The molecule has 2 aromatic rings. The second-order valence-corrected chi connectivity index (χ2v) is 5.32. The second kappa shape index (κ2) is 5.11. The first-order chi connectivity index (χ1) is 9.66. The smallest absolute Gasteiger partial charge is 0.289 e. The zero-order valence-corrected chi connectivity index (χ0v) is 11.7. The minimum Gasteiger partial charge on any atom is -0.459 e. The van der Waals surface area contributed by atoms with E-state index in [1.54, 1.807) is 12.6 Å². The highest BCUT2D eigenvalue weighted by molar-refractivity contribution is 5.92. The van der Waals surface area contributed by atoms with E-state index in [0.29, 0.717) is 12.3 Å². The highest BCUT2D eigenvalue weighted by Crippen LogP contribution is 2.26. The Bertz CT molecular complexity index is 616. The third kappa shape index (κ3) is 2.21. The van der Waals surface area contributed by atoms with Gasteiger partial charge >= 0.3 is 0 Å². The van der Waals surface area contributed by atoms with Crippen LogP contribution in [0.4, 0.5) is 0 Å². The number of rotatable bonds is 2. The summed E-state index contributed by atoms with van der Waals surface area (Å²) in [5, 5.41) is 8.09. The largest absolute Gasteiger partial charge is 0.459 e. The van der Waals surface area contributed by atoms with Crippen LogP contribution in [0.3, 0.4) is 0 Å². The van der Waals surface area contributed by atoms with Crippen LogP contribution >= 0.6 is 0 Å². The Labute approximate surface area is 117 Å². The molecule has 0 radical (unpaired) electrons. The first-order valence-corrected chi connectivity index (χ1v) is 6.84. The van der Waals surface area contributed by atoms with Gasteiger partial charge in [-0.3, -0.25) is 4.79 Å². The fraction of sp³-hybridized carbons (Fsp3) is 0.500. The van der Waals surface area contributed by atoms with Gasteiger partial charge in [0, 0.05) is 31.6 Å². The van der Waals surface area contributed by atoms with Gasteiger partial charge in [0.05, 0.1) is 6.26 Å². The molecule has 3 rings (SSSR count). The molecule has 2 aromatic heterocycles. The third-order valence-electron chi connectivity index (χ3n) is 3.88. The van der Waals surface area contributed by atoms with Crippen molar-refractivity contribution < 1.29 is 9.21 Å². The Morgan fingerprint density at radius 3 is 3.00 bits per heavy atom. The van der Waals surface area contributed by atoms with Crippen molar-refractivity contribution in [3.8, 4) is 0 Å². The van der Waals surface area contributed by atoms with Crippen LogP contribution in [0.15, 0.2) is 23.1 Å². The lowest BCUT2D eigenvalue weighted by molar-refractivity contribution is 0.0670. The number of nitrogens with zero attached hydrogens (tertiary/aromatic N) is 4. The Kier molecular flexibility index (Phi) is 3.30. The summed E-state index contributed by atoms with van der Waals surface area (Å²) in [6.45, 7) is 3.33. The Morgan fingerprint density at radius 2 is 2.35 bits per heavy atom. The molecule has 3 heterocycles. The number of furan rings is 1. The number of aryl methyl sites for hydroxylation is 2. The topological polar surface area (TPSA) is 64.2 Å². The quantitative estimate of drug-likeness (QED) is 0.836. The highest BCUT2D eigenvalue weighted by atomic mass is 16.3. The highest BCUT2D eigenvalue weighted by Gasteiger charge is 2.29. The molecular weight excluding hydrogens is 256 g/mol. The third-order valence-corrected chi connectivity index (χ3v) is 3.88. The van der Waals surface area contributed by atoms with E-state index < -0.39 is 0 Å². The molecule has 106 valence electrons. The van der Waals surface area contributed by atoms with Gasteiger partial charge in [0.2, 0.25) is 0 Å². The van der Waals surface area contributed by atoms with Crippen molar-refractivity contribution in [1.29, 1.82) is 0 Å². The molecule has 1 amide bonds. The van der Waals surface area contributed by atoms with E-state index in [-0.39, 0.29) is 11.8 Å². The molecule has 6 heteroatoms. The summed E-state index contributed by atoms with van der Waals surface area (Å²) in [6.07, 6.45) is 5.27. The molecular formula is C14H18N4O2. The monoisotopic (exact) mass is 274 g/mol. The lowest BCUT2D eigenvalue weighted by atomic mass is 9.97. The summed E-state index contributed by atoms with van der Waals surface area (Å²) < 4.78 is 7.23. The van der Waals surface area contributed by atoms with Gasteiger partial charge in [-0.2, -0.15) is 0 Å². The van der Waals surface area contributed by atoms with Crippen molar-refractivity contribution in [2.24, 2.45) is 7.05 Å². The van der Waals surface area contributed by atoms with Gasteiger partial charge in [0.25, 0.3) is 5.91 Å². The molecule has 0 spiro atoms. The first kappa shape index (κ1) is 12.9. The normalized spacial score (nSPS) is 19.3. The van der Waals surface area contributed by atoms with E-state index >= 15 is 0 Å². The molecule has 0 aliphatic carbocycles. The molecule has 1 saturated heterocycles. The number of likely N-dealkylation sites (tertiary alicyclic amines) is 1. The van der Waals surface area contributed by atoms with Crippen molar-refractivity contribution in [2.75, 3.05) is 13.1 Å². The molecule has 0 saturated carbocycles. The average Bonchev–Trinajstić information content (AvgIpc) is 3.07. The predicted molar refractivity (Wildman–Crippen MR) is 72.3 cm³/mol. The lowest BCUT2D eigenvalue weighted by Gasteiger charge is -2.31. The van der Waals surface area contributed by atoms with Gasteiger partial charge in [-0.15, -0.1) is 10.2 Å². The van der Waals surface area contributed by atoms with Gasteiger partial charge < -0.3 is 13.9 Å². The first-order valence-electron chi connectivity index (χ1n) is 6.84. The molecule has 1 aliphatic rings. The summed E-state index contributed by atoms with van der Waals surface area (Å²) in [5.74, 6) is 1.61. The summed E-state index contributed by atoms with van der Waals surface area (Å²) in [5.41, 5.74) is 0.885. The molecule has 0 unspecified atom stereocenters. The number of hydrogen-bond donors (Lipinski definition) is 0. The number of carbonyl (C=O) groups excluding carboxylic acids is 1. The van der Waals surface area contributed by atoms with Gasteiger partial charge in [-0.25, -0.2) is 0 Å². The SMILES string of the molecule is Cc1ccoc1C(=O)N1CCC[C@@H](c2nncn2C)C1. The number of aromatic nitrogens is 3. The fourth-order valence-corrected chi connectivity index (χ4v) is 2.77. The minimum atomic E-state index is -0.0284. The van der Waals surface area contributed by atoms with Crippen molar-refractivity contribution >= 4 is 5.91 Å². The summed E-state index contributed by atoms with van der Waals surface area (Å²) in [7, 11) is 1.94. The molecule has 6 nitrogen and oxygen atoms in total. The van der Waals surface area contributed by atoms with E-state index in [1.165, 1.54) is 0 Å². The van der Waals surface area contributed by atoms with Crippen LogP contribution in [-0.2, 0) is 7.05 Å². The van der Waals surface area contributed by atoms with Crippen LogP contribution in [0, 0.1) is 6.92 Å². The number of carbonyl (C=O) groups is 1. The maximum Gasteiger partial charge on any atom is 0.289 e. The van der Waals surface area contributed by atoms with E-state index in [4.69, 9.17) is 4.42 Å². The Morgan fingerprint density at radius 1 is 1.50 bits per heavy atom. The maximum atomic E-state index is 12.5. The van der Waals surface area contributed by atoms with Crippen LogP contribution in [0.25, 0.3) is 0 Å². The second-order valence-electron chi connectivity index (χ2n) is 5.32. The minimum absolute atomic E-state index is 0.0284. The van der Waals surface area contributed by atoms with Gasteiger partial charge in [-0.05, 0) is 25.8 Å². The molecule has 1 fully saturated rings. The van der Waals surface area contributed by atoms with Crippen molar-refractivity contribution in [1.82, 2.24) is 19.7 Å². The zero-order valence-electron chi connectivity index (χ0n) is 11.7. The Balaban J connectivity index is 1.77. The molecule has 0 N–H and O–H groups in total. The van der Waals surface area contributed by atoms with Gasteiger partial charge in [-0.1, -0.05) is 0 Å². The van der Waals surface area contributed by atoms with Crippen molar-refractivity contribution in [3.05, 3.63) is 35.8 Å².